The molecule has 0 saturated carbocycles. The van der Waals surface area contributed by atoms with E-state index in [-0.39, 0.29) is 5.91 Å². The van der Waals surface area contributed by atoms with Gasteiger partial charge in [0, 0.05) is 19.7 Å². The van der Waals surface area contributed by atoms with E-state index < -0.39 is 0 Å². The molecule has 0 fully saturated rings. The summed E-state index contributed by atoms with van der Waals surface area (Å²) in [5.41, 5.74) is 3.51. The van der Waals surface area contributed by atoms with Crippen molar-refractivity contribution in [2.75, 3.05) is 14.1 Å². The van der Waals surface area contributed by atoms with Crippen LogP contribution in [0.1, 0.15) is 5.56 Å². The molecule has 3 aromatic rings. The summed E-state index contributed by atoms with van der Waals surface area (Å²) in [6, 6.07) is 15.4. The van der Waals surface area contributed by atoms with Crippen molar-refractivity contribution in [3.8, 4) is 11.5 Å². The van der Waals surface area contributed by atoms with Gasteiger partial charge in [0.05, 0.1) is 6.42 Å². The Hall–Kier alpha value is -2.62. The molecule has 0 radical (unpaired) electrons. The number of fused-ring (bicyclic) bond motifs is 1. The molecule has 4 heteroatoms. The van der Waals surface area contributed by atoms with Crippen molar-refractivity contribution in [2.24, 2.45) is 0 Å². The number of rotatable bonds is 3. The van der Waals surface area contributed by atoms with Crippen LogP contribution in [0.5, 0.6) is 0 Å². The highest BCUT2D eigenvalue weighted by molar-refractivity contribution is 5.79. The van der Waals surface area contributed by atoms with Crippen LogP contribution in [0.4, 0.5) is 0 Å². The van der Waals surface area contributed by atoms with Crippen LogP contribution in [0.3, 0.4) is 0 Å². The van der Waals surface area contributed by atoms with Gasteiger partial charge in [0.15, 0.2) is 5.58 Å². The van der Waals surface area contributed by atoms with Crippen molar-refractivity contribution >= 4 is 17.0 Å². The first-order valence-corrected chi connectivity index (χ1v) is 6.78. The minimum atomic E-state index is 0.0876. The molecule has 2 aromatic carbocycles. The van der Waals surface area contributed by atoms with Crippen molar-refractivity contribution in [1.29, 1.82) is 0 Å². The molecular formula is C17H16N2O2. The summed E-state index contributed by atoms with van der Waals surface area (Å²) in [4.78, 5) is 17.7. The number of carbonyl (C=O) groups is 1. The minimum Gasteiger partial charge on any atom is -0.436 e. The Morgan fingerprint density at radius 3 is 2.48 bits per heavy atom. The molecule has 4 nitrogen and oxygen atoms in total. The molecular weight excluding hydrogens is 264 g/mol. The highest BCUT2D eigenvalue weighted by Gasteiger charge is 2.09. The van der Waals surface area contributed by atoms with Gasteiger partial charge < -0.3 is 9.32 Å². The monoisotopic (exact) mass is 280 g/mol. The molecule has 0 aliphatic carbocycles. The molecule has 106 valence electrons. The van der Waals surface area contributed by atoms with Gasteiger partial charge in [-0.05, 0) is 29.8 Å². The zero-order valence-corrected chi connectivity index (χ0v) is 12.0. The zero-order valence-electron chi connectivity index (χ0n) is 12.0. The number of hydrogen-bond donors (Lipinski definition) is 0. The summed E-state index contributed by atoms with van der Waals surface area (Å²) in [6.07, 6.45) is 0.404. The maximum Gasteiger partial charge on any atom is 0.227 e. The number of hydrogen-bond acceptors (Lipinski definition) is 3. The van der Waals surface area contributed by atoms with Gasteiger partial charge in [-0.25, -0.2) is 4.98 Å². The van der Waals surface area contributed by atoms with Crippen molar-refractivity contribution in [3.63, 3.8) is 0 Å². The van der Waals surface area contributed by atoms with Crippen molar-refractivity contribution in [3.05, 3.63) is 54.1 Å². The predicted molar refractivity (Wildman–Crippen MR) is 81.8 cm³/mol. The Balaban J connectivity index is 1.85. The highest BCUT2D eigenvalue weighted by Crippen LogP contribution is 2.24. The maximum atomic E-state index is 11.7. The average Bonchev–Trinajstić information content (AvgIpc) is 2.91. The molecule has 0 aliphatic rings. The van der Waals surface area contributed by atoms with Crippen molar-refractivity contribution < 1.29 is 9.21 Å². The van der Waals surface area contributed by atoms with Gasteiger partial charge in [-0.15, -0.1) is 0 Å². The standard InChI is InChI=1S/C17H16N2O2/c1-19(2)16(20)11-12-7-9-13(10-8-12)17-18-14-5-3-4-6-15(14)21-17/h3-10H,11H2,1-2H3. The number of likely N-dealkylation sites (N-methyl/N-ethyl adjacent to an activating group) is 1. The quantitative estimate of drug-likeness (QED) is 0.740. The lowest BCUT2D eigenvalue weighted by Crippen LogP contribution is -2.23. The van der Waals surface area contributed by atoms with Crippen LogP contribution in [0.25, 0.3) is 22.6 Å². The number of para-hydroxylation sites is 2. The third-order valence-electron chi connectivity index (χ3n) is 3.35. The van der Waals surface area contributed by atoms with E-state index in [1.54, 1.807) is 19.0 Å². The molecule has 0 N–H and O–H groups in total. The van der Waals surface area contributed by atoms with Gasteiger partial charge in [-0.3, -0.25) is 4.79 Å². The molecule has 21 heavy (non-hydrogen) atoms. The molecule has 0 saturated heterocycles. The second kappa shape index (κ2) is 5.40. The van der Waals surface area contributed by atoms with Crippen molar-refractivity contribution in [2.45, 2.75) is 6.42 Å². The number of aromatic nitrogens is 1. The Morgan fingerprint density at radius 1 is 1.10 bits per heavy atom. The van der Waals surface area contributed by atoms with Crippen LogP contribution < -0.4 is 0 Å². The Labute approximate surface area is 123 Å². The van der Waals surface area contributed by atoms with Gasteiger partial charge in [0.25, 0.3) is 0 Å². The summed E-state index contributed by atoms with van der Waals surface area (Å²) >= 11 is 0. The van der Waals surface area contributed by atoms with Crippen LogP contribution in [0.2, 0.25) is 0 Å². The molecule has 3 rings (SSSR count). The van der Waals surface area contributed by atoms with E-state index in [4.69, 9.17) is 4.42 Å². The number of carbonyl (C=O) groups excluding carboxylic acids is 1. The van der Waals surface area contributed by atoms with E-state index in [1.165, 1.54) is 0 Å². The molecule has 0 atom stereocenters. The molecule has 1 amide bonds. The normalized spacial score (nSPS) is 10.8. The molecule has 0 aliphatic heterocycles. The van der Waals surface area contributed by atoms with Gasteiger partial charge in [-0.1, -0.05) is 24.3 Å². The fourth-order valence-corrected chi connectivity index (χ4v) is 2.09. The lowest BCUT2D eigenvalue weighted by Gasteiger charge is -2.09. The third-order valence-corrected chi connectivity index (χ3v) is 3.35. The van der Waals surface area contributed by atoms with Gasteiger partial charge >= 0.3 is 0 Å². The fraction of sp³-hybridized carbons (Fsp3) is 0.176. The number of nitrogens with zero attached hydrogens (tertiary/aromatic N) is 2. The van der Waals surface area contributed by atoms with E-state index in [1.807, 2.05) is 48.5 Å². The Bertz CT molecular complexity index is 740. The molecule has 0 spiro atoms. The third kappa shape index (κ3) is 2.79. The van der Waals surface area contributed by atoms with E-state index in [9.17, 15) is 4.79 Å². The number of benzene rings is 2. The van der Waals surface area contributed by atoms with E-state index in [2.05, 4.69) is 4.98 Å². The second-order valence-corrected chi connectivity index (χ2v) is 5.15. The largest absolute Gasteiger partial charge is 0.436 e. The zero-order chi connectivity index (χ0) is 14.8. The average molecular weight is 280 g/mol. The lowest BCUT2D eigenvalue weighted by molar-refractivity contribution is -0.127. The van der Waals surface area contributed by atoms with Crippen LogP contribution in [0, 0.1) is 0 Å². The highest BCUT2D eigenvalue weighted by atomic mass is 16.3. The summed E-state index contributed by atoms with van der Waals surface area (Å²) in [6.45, 7) is 0. The van der Waals surface area contributed by atoms with Gasteiger partial charge in [0.1, 0.15) is 5.52 Å². The summed E-state index contributed by atoms with van der Waals surface area (Å²) in [5, 5.41) is 0. The number of amides is 1. The van der Waals surface area contributed by atoms with Gasteiger partial charge in [0.2, 0.25) is 11.8 Å². The van der Waals surface area contributed by atoms with E-state index >= 15 is 0 Å². The lowest BCUT2D eigenvalue weighted by atomic mass is 10.1. The second-order valence-electron chi connectivity index (χ2n) is 5.15. The summed E-state index contributed by atoms with van der Waals surface area (Å²) in [5.74, 6) is 0.686. The van der Waals surface area contributed by atoms with E-state index in [0.29, 0.717) is 12.3 Å². The van der Waals surface area contributed by atoms with Crippen LogP contribution >= 0.6 is 0 Å². The van der Waals surface area contributed by atoms with Crippen molar-refractivity contribution in [1.82, 2.24) is 9.88 Å². The first-order valence-electron chi connectivity index (χ1n) is 6.78. The first kappa shape index (κ1) is 13.4. The molecule has 0 bridgehead atoms. The minimum absolute atomic E-state index is 0.0876. The molecule has 1 heterocycles. The Morgan fingerprint density at radius 2 is 1.81 bits per heavy atom. The Kier molecular flexibility index (Phi) is 3.44. The number of oxazole rings is 1. The summed E-state index contributed by atoms with van der Waals surface area (Å²) in [7, 11) is 3.52. The predicted octanol–water partition coefficient (Wildman–Crippen LogP) is 3.13. The first-order chi connectivity index (χ1) is 10.1. The van der Waals surface area contributed by atoms with Crippen LogP contribution in [-0.2, 0) is 11.2 Å². The van der Waals surface area contributed by atoms with Gasteiger partial charge in [-0.2, -0.15) is 0 Å². The van der Waals surface area contributed by atoms with Crippen LogP contribution in [-0.4, -0.2) is 29.9 Å². The van der Waals surface area contributed by atoms with E-state index in [0.717, 1.165) is 22.2 Å². The fourth-order valence-electron chi connectivity index (χ4n) is 2.09. The SMILES string of the molecule is CN(C)C(=O)Cc1ccc(-c2nc3ccccc3o2)cc1. The molecule has 1 aromatic heterocycles. The summed E-state index contributed by atoms with van der Waals surface area (Å²) < 4.78 is 5.73. The smallest absolute Gasteiger partial charge is 0.227 e. The topological polar surface area (TPSA) is 46.3 Å². The van der Waals surface area contributed by atoms with Crippen LogP contribution in [0.15, 0.2) is 52.9 Å². The molecule has 0 unspecified atom stereocenters. The maximum absolute atomic E-state index is 11.7.